The molecular weight excluding hydrogens is 457 g/mol. The molecule has 0 atom stereocenters. The maximum Gasteiger partial charge on any atom is 0.225 e. The van der Waals surface area contributed by atoms with Gasteiger partial charge < -0.3 is 20.3 Å². The standard InChI is InChI=1S/C25H25ClFN5O2/c26-17-3-4-21(27)20(12-17)22-13-19(24-25(31-22)29-6-10-34-24)16-11-18(15-28-14-16)30-23(33)5-9-32-7-1-2-8-32/h3-4,11-15H,1-2,5-10H2,(H,29,31)(H,30,33). The third-order valence-electron chi connectivity index (χ3n) is 6.01. The smallest absolute Gasteiger partial charge is 0.225 e. The van der Waals surface area contributed by atoms with Gasteiger partial charge in [0.1, 0.15) is 12.4 Å². The number of rotatable bonds is 6. The molecule has 34 heavy (non-hydrogen) atoms. The van der Waals surface area contributed by atoms with Crippen LogP contribution >= 0.6 is 11.6 Å². The van der Waals surface area contributed by atoms with Gasteiger partial charge in [0.15, 0.2) is 11.6 Å². The van der Waals surface area contributed by atoms with E-state index >= 15 is 0 Å². The van der Waals surface area contributed by atoms with Crippen molar-refractivity contribution in [2.24, 2.45) is 0 Å². The normalized spacial score (nSPS) is 15.4. The number of hydrogen-bond donors (Lipinski definition) is 2. The van der Waals surface area contributed by atoms with Gasteiger partial charge >= 0.3 is 0 Å². The highest BCUT2D eigenvalue weighted by molar-refractivity contribution is 6.30. The summed E-state index contributed by atoms with van der Waals surface area (Å²) in [6.45, 7) is 3.94. The number of fused-ring (bicyclic) bond motifs is 1. The number of halogens is 2. The van der Waals surface area contributed by atoms with E-state index in [1.165, 1.54) is 25.0 Å². The van der Waals surface area contributed by atoms with E-state index in [1.807, 2.05) is 6.07 Å². The molecule has 0 spiro atoms. The molecule has 1 amide bonds. The number of aromatic nitrogens is 2. The maximum atomic E-state index is 14.6. The lowest BCUT2D eigenvalue weighted by Crippen LogP contribution is -2.25. The zero-order valence-electron chi connectivity index (χ0n) is 18.6. The Morgan fingerprint density at radius 1 is 1.18 bits per heavy atom. The molecular formula is C25H25ClFN5O2. The molecule has 0 bridgehead atoms. The number of amides is 1. The van der Waals surface area contributed by atoms with E-state index in [-0.39, 0.29) is 5.91 Å². The molecule has 0 unspecified atom stereocenters. The molecule has 0 aliphatic carbocycles. The fourth-order valence-electron chi connectivity index (χ4n) is 4.31. The maximum absolute atomic E-state index is 14.6. The van der Waals surface area contributed by atoms with Crippen molar-refractivity contribution in [2.75, 3.05) is 43.4 Å². The number of benzene rings is 1. The summed E-state index contributed by atoms with van der Waals surface area (Å²) in [5.41, 5.74) is 2.74. The number of anilines is 2. The van der Waals surface area contributed by atoms with Crippen molar-refractivity contribution in [3.8, 4) is 28.1 Å². The minimum absolute atomic E-state index is 0.0535. The summed E-state index contributed by atoms with van der Waals surface area (Å²) in [6, 6.07) is 7.97. The van der Waals surface area contributed by atoms with Crippen LogP contribution in [0.1, 0.15) is 19.3 Å². The number of ether oxygens (including phenoxy) is 1. The molecule has 4 heterocycles. The van der Waals surface area contributed by atoms with E-state index in [9.17, 15) is 9.18 Å². The average molecular weight is 482 g/mol. The molecule has 176 valence electrons. The van der Waals surface area contributed by atoms with Crippen molar-refractivity contribution in [3.63, 3.8) is 0 Å². The topological polar surface area (TPSA) is 79.4 Å². The Hall–Kier alpha value is -3.23. The predicted octanol–water partition coefficient (Wildman–Crippen LogP) is 4.83. The second-order valence-corrected chi connectivity index (χ2v) is 8.88. The fourth-order valence-corrected chi connectivity index (χ4v) is 4.49. The summed E-state index contributed by atoms with van der Waals surface area (Å²) in [6.07, 6.45) is 6.12. The molecule has 1 aromatic carbocycles. The summed E-state index contributed by atoms with van der Waals surface area (Å²) in [4.78, 5) is 23.7. The Bertz CT molecular complexity index is 1220. The van der Waals surface area contributed by atoms with Crippen molar-refractivity contribution in [3.05, 3.63) is 53.6 Å². The first kappa shape index (κ1) is 22.6. The molecule has 0 saturated carbocycles. The van der Waals surface area contributed by atoms with Crippen LogP contribution in [-0.4, -0.2) is 53.6 Å². The van der Waals surface area contributed by atoms with E-state index in [0.29, 0.717) is 58.7 Å². The molecule has 1 fully saturated rings. The highest BCUT2D eigenvalue weighted by atomic mass is 35.5. The van der Waals surface area contributed by atoms with Crippen LogP contribution in [0.3, 0.4) is 0 Å². The van der Waals surface area contributed by atoms with E-state index in [4.69, 9.17) is 16.3 Å². The molecule has 3 aromatic rings. The van der Waals surface area contributed by atoms with Crippen molar-refractivity contribution < 1.29 is 13.9 Å². The van der Waals surface area contributed by atoms with Crippen LogP contribution in [0.25, 0.3) is 22.4 Å². The Morgan fingerprint density at radius 2 is 2.03 bits per heavy atom. The predicted molar refractivity (Wildman–Crippen MR) is 131 cm³/mol. The number of nitrogens with one attached hydrogen (secondary N) is 2. The van der Waals surface area contributed by atoms with Gasteiger partial charge in [-0.1, -0.05) is 11.6 Å². The number of pyridine rings is 2. The third-order valence-corrected chi connectivity index (χ3v) is 6.24. The Morgan fingerprint density at radius 3 is 2.88 bits per heavy atom. The summed E-state index contributed by atoms with van der Waals surface area (Å²) in [5, 5.41) is 6.58. The van der Waals surface area contributed by atoms with Crippen LogP contribution in [0.2, 0.25) is 5.02 Å². The molecule has 1 saturated heterocycles. The van der Waals surface area contributed by atoms with Crippen molar-refractivity contribution in [1.29, 1.82) is 0 Å². The van der Waals surface area contributed by atoms with Crippen LogP contribution in [0, 0.1) is 5.82 Å². The second kappa shape index (κ2) is 9.95. The van der Waals surface area contributed by atoms with Gasteiger partial charge in [0.25, 0.3) is 0 Å². The second-order valence-electron chi connectivity index (χ2n) is 8.44. The SMILES string of the molecule is O=C(CCN1CCCC1)Nc1cncc(-c2cc(-c3cc(Cl)ccc3F)nc3c2OCCN3)c1. The number of likely N-dealkylation sites (tertiary alicyclic amines) is 1. The Kier molecular flexibility index (Phi) is 6.60. The zero-order valence-corrected chi connectivity index (χ0v) is 19.4. The van der Waals surface area contributed by atoms with Gasteiger partial charge in [-0.25, -0.2) is 9.37 Å². The summed E-state index contributed by atoms with van der Waals surface area (Å²) < 4.78 is 20.5. The Labute approximate surface area is 202 Å². The minimum atomic E-state index is -0.420. The molecule has 2 N–H and O–H groups in total. The molecule has 0 radical (unpaired) electrons. The van der Waals surface area contributed by atoms with Crippen molar-refractivity contribution >= 4 is 29.0 Å². The van der Waals surface area contributed by atoms with Gasteiger partial charge in [0, 0.05) is 40.9 Å². The summed E-state index contributed by atoms with van der Waals surface area (Å²) in [7, 11) is 0. The largest absolute Gasteiger partial charge is 0.487 e. The third kappa shape index (κ3) is 4.98. The van der Waals surface area contributed by atoms with E-state index in [1.54, 1.807) is 24.5 Å². The quantitative estimate of drug-likeness (QED) is 0.525. The lowest BCUT2D eigenvalue weighted by molar-refractivity contribution is -0.116. The molecule has 9 heteroatoms. The van der Waals surface area contributed by atoms with Crippen molar-refractivity contribution in [2.45, 2.75) is 19.3 Å². The highest BCUT2D eigenvalue weighted by Crippen LogP contribution is 2.41. The zero-order chi connectivity index (χ0) is 23.5. The number of carbonyl (C=O) groups is 1. The van der Waals surface area contributed by atoms with E-state index in [0.717, 1.165) is 25.2 Å². The van der Waals surface area contributed by atoms with Gasteiger partial charge in [0.05, 0.1) is 24.1 Å². The lowest BCUT2D eigenvalue weighted by atomic mass is 10.0. The van der Waals surface area contributed by atoms with Gasteiger partial charge in [-0.2, -0.15) is 0 Å². The highest BCUT2D eigenvalue weighted by Gasteiger charge is 2.21. The van der Waals surface area contributed by atoms with Gasteiger partial charge in [-0.3, -0.25) is 9.78 Å². The van der Waals surface area contributed by atoms with Gasteiger partial charge in [-0.15, -0.1) is 0 Å². The first-order valence-electron chi connectivity index (χ1n) is 11.4. The molecule has 2 aliphatic rings. The lowest BCUT2D eigenvalue weighted by Gasteiger charge is -2.22. The fraction of sp³-hybridized carbons (Fsp3) is 0.320. The number of hydrogen-bond acceptors (Lipinski definition) is 6. The minimum Gasteiger partial charge on any atom is -0.487 e. The first-order chi connectivity index (χ1) is 16.6. The average Bonchev–Trinajstić information content (AvgIpc) is 3.37. The first-order valence-corrected chi connectivity index (χ1v) is 11.8. The van der Waals surface area contributed by atoms with Crippen LogP contribution in [0.15, 0.2) is 42.7 Å². The van der Waals surface area contributed by atoms with Gasteiger partial charge in [-0.05, 0) is 56.3 Å². The van der Waals surface area contributed by atoms with Crippen LogP contribution < -0.4 is 15.4 Å². The number of carbonyl (C=O) groups excluding carboxylic acids is 1. The van der Waals surface area contributed by atoms with E-state index < -0.39 is 5.82 Å². The summed E-state index contributed by atoms with van der Waals surface area (Å²) >= 11 is 6.12. The monoisotopic (exact) mass is 481 g/mol. The van der Waals surface area contributed by atoms with Crippen LogP contribution in [0.4, 0.5) is 15.9 Å². The van der Waals surface area contributed by atoms with Crippen LogP contribution in [0.5, 0.6) is 5.75 Å². The van der Waals surface area contributed by atoms with E-state index in [2.05, 4.69) is 25.5 Å². The molecule has 5 rings (SSSR count). The molecule has 2 aliphatic heterocycles. The number of nitrogens with zero attached hydrogens (tertiary/aromatic N) is 3. The molecule has 2 aromatic heterocycles. The van der Waals surface area contributed by atoms with Gasteiger partial charge in [0.2, 0.25) is 5.91 Å². The Balaban J connectivity index is 1.44. The van der Waals surface area contributed by atoms with Crippen molar-refractivity contribution in [1.82, 2.24) is 14.9 Å². The van der Waals surface area contributed by atoms with Crippen LogP contribution in [-0.2, 0) is 4.79 Å². The molecule has 7 nitrogen and oxygen atoms in total. The summed E-state index contributed by atoms with van der Waals surface area (Å²) in [5.74, 6) is 0.619.